The van der Waals surface area contributed by atoms with Crippen LogP contribution in [0, 0.1) is 0 Å². The monoisotopic (exact) mass is 306 g/mol. The van der Waals surface area contributed by atoms with Gasteiger partial charge < -0.3 is 20.8 Å². The molecule has 3 atom stereocenters. The number of aliphatic hydroxyl groups excluding tert-OH is 2. The van der Waals surface area contributed by atoms with E-state index in [1.54, 1.807) is 0 Å². The molecule has 5 heteroatoms. The predicted molar refractivity (Wildman–Crippen MR) is 85.4 cm³/mol. The van der Waals surface area contributed by atoms with Crippen LogP contribution < -0.4 is 10.6 Å². The molecule has 5 nitrogen and oxygen atoms in total. The lowest BCUT2D eigenvalue weighted by Gasteiger charge is -2.29. The van der Waals surface area contributed by atoms with Crippen molar-refractivity contribution in [2.24, 2.45) is 0 Å². The molecule has 2 amide bonds. The fourth-order valence-corrected chi connectivity index (χ4v) is 2.95. The SMILES string of the molecule is O=C(NC(CCCO)c1ccccc1)NC1CCCCC1O. The summed E-state index contributed by atoms with van der Waals surface area (Å²) in [5.41, 5.74) is 1.02. The van der Waals surface area contributed by atoms with Crippen molar-refractivity contribution >= 4 is 6.03 Å². The van der Waals surface area contributed by atoms with Crippen molar-refractivity contribution in [2.45, 2.75) is 56.7 Å². The fraction of sp³-hybridized carbons (Fsp3) is 0.588. The van der Waals surface area contributed by atoms with Crippen LogP contribution in [-0.4, -0.2) is 35.0 Å². The second-order valence-electron chi connectivity index (χ2n) is 5.91. The van der Waals surface area contributed by atoms with Crippen LogP contribution in [0.1, 0.15) is 50.1 Å². The molecule has 4 N–H and O–H groups in total. The van der Waals surface area contributed by atoms with Crippen LogP contribution >= 0.6 is 0 Å². The van der Waals surface area contributed by atoms with Gasteiger partial charge in [-0.2, -0.15) is 0 Å². The average Bonchev–Trinajstić information content (AvgIpc) is 2.54. The summed E-state index contributed by atoms with van der Waals surface area (Å²) >= 11 is 0. The van der Waals surface area contributed by atoms with Gasteiger partial charge in [0.05, 0.1) is 18.2 Å². The number of aliphatic hydroxyl groups is 2. The third-order valence-electron chi connectivity index (χ3n) is 4.20. The van der Waals surface area contributed by atoms with Crippen LogP contribution in [0.15, 0.2) is 30.3 Å². The van der Waals surface area contributed by atoms with Crippen molar-refractivity contribution in [1.29, 1.82) is 0 Å². The maximum atomic E-state index is 12.2. The molecule has 3 unspecified atom stereocenters. The van der Waals surface area contributed by atoms with E-state index >= 15 is 0 Å². The molecular formula is C17H26N2O3. The molecule has 0 heterocycles. The zero-order valence-corrected chi connectivity index (χ0v) is 12.9. The summed E-state index contributed by atoms with van der Waals surface area (Å²) in [7, 11) is 0. The molecule has 1 saturated carbocycles. The molecule has 1 aliphatic carbocycles. The highest BCUT2D eigenvalue weighted by atomic mass is 16.3. The first-order chi connectivity index (χ1) is 10.7. The van der Waals surface area contributed by atoms with Crippen LogP contribution in [-0.2, 0) is 0 Å². The molecule has 1 aromatic carbocycles. The van der Waals surface area contributed by atoms with Gasteiger partial charge in [0.2, 0.25) is 0 Å². The quantitative estimate of drug-likeness (QED) is 0.649. The first-order valence-electron chi connectivity index (χ1n) is 8.11. The highest BCUT2D eigenvalue weighted by molar-refractivity contribution is 5.74. The number of rotatable bonds is 6. The van der Waals surface area contributed by atoms with Gasteiger partial charge in [0.1, 0.15) is 0 Å². The standard InChI is InChI=1S/C17H26N2O3/c20-12-6-10-14(13-7-2-1-3-8-13)18-17(22)19-15-9-4-5-11-16(15)21/h1-3,7-8,14-16,20-21H,4-6,9-12H2,(H2,18,19,22). The number of hydrogen-bond acceptors (Lipinski definition) is 3. The zero-order valence-electron chi connectivity index (χ0n) is 12.9. The Bertz CT molecular complexity index is 452. The number of hydrogen-bond donors (Lipinski definition) is 4. The van der Waals surface area contributed by atoms with E-state index in [-0.39, 0.29) is 24.7 Å². The minimum atomic E-state index is -0.452. The molecule has 122 valence electrons. The Morgan fingerprint density at radius 2 is 1.95 bits per heavy atom. The Morgan fingerprint density at radius 1 is 1.23 bits per heavy atom. The summed E-state index contributed by atoms with van der Waals surface area (Å²) in [6.45, 7) is 0.105. The Labute approximate surface area is 131 Å². The summed E-state index contributed by atoms with van der Waals surface area (Å²) in [4.78, 5) is 12.2. The molecule has 2 rings (SSSR count). The number of carbonyl (C=O) groups excluding carboxylic acids is 1. The van der Waals surface area contributed by atoms with Crippen molar-refractivity contribution in [3.8, 4) is 0 Å². The largest absolute Gasteiger partial charge is 0.396 e. The van der Waals surface area contributed by atoms with E-state index in [1.807, 2.05) is 30.3 Å². The topological polar surface area (TPSA) is 81.6 Å². The van der Waals surface area contributed by atoms with Gasteiger partial charge in [-0.15, -0.1) is 0 Å². The highest BCUT2D eigenvalue weighted by Crippen LogP contribution is 2.20. The molecule has 1 aromatic rings. The summed E-state index contributed by atoms with van der Waals surface area (Å²) < 4.78 is 0. The van der Waals surface area contributed by atoms with Crippen LogP contribution in [0.25, 0.3) is 0 Å². The van der Waals surface area contributed by atoms with E-state index < -0.39 is 6.10 Å². The normalized spacial score (nSPS) is 22.8. The second-order valence-corrected chi connectivity index (χ2v) is 5.91. The lowest BCUT2D eigenvalue weighted by Crippen LogP contribution is -2.49. The number of urea groups is 1. The smallest absolute Gasteiger partial charge is 0.315 e. The van der Waals surface area contributed by atoms with Crippen molar-refractivity contribution in [2.75, 3.05) is 6.61 Å². The molecule has 0 spiro atoms. The Balaban J connectivity index is 1.92. The highest BCUT2D eigenvalue weighted by Gasteiger charge is 2.25. The van der Waals surface area contributed by atoms with Crippen LogP contribution in [0.3, 0.4) is 0 Å². The maximum Gasteiger partial charge on any atom is 0.315 e. The van der Waals surface area contributed by atoms with Gasteiger partial charge >= 0.3 is 6.03 Å². The number of benzene rings is 1. The van der Waals surface area contributed by atoms with Gasteiger partial charge in [-0.3, -0.25) is 0 Å². The van der Waals surface area contributed by atoms with Gasteiger partial charge in [0.15, 0.2) is 0 Å². The Kier molecular flexibility index (Phi) is 6.68. The van der Waals surface area contributed by atoms with Crippen molar-refractivity contribution in [3.05, 3.63) is 35.9 Å². The average molecular weight is 306 g/mol. The summed E-state index contributed by atoms with van der Waals surface area (Å²) in [5.74, 6) is 0. The fourth-order valence-electron chi connectivity index (χ4n) is 2.95. The molecule has 1 aliphatic rings. The molecule has 0 aromatic heterocycles. The first kappa shape index (κ1) is 16.8. The van der Waals surface area contributed by atoms with Crippen molar-refractivity contribution < 1.29 is 15.0 Å². The van der Waals surface area contributed by atoms with Gasteiger partial charge in [0.25, 0.3) is 0 Å². The Morgan fingerprint density at radius 3 is 2.64 bits per heavy atom. The molecule has 22 heavy (non-hydrogen) atoms. The molecular weight excluding hydrogens is 280 g/mol. The van der Waals surface area contributed by atoms with Gasteiger partial charge in [-0.25, -0.2) is 4.79 Å². The summed E-state index contributed by atoms with van der Waals surface area (Å²) in [5, 5.41) is 24.8. The maximum absolute atomic E-state index is 12.2. The van der Waals surface area contributed by atoms with Crippen LogP contribution in [0.2, 0.25) is 0 Å². The van der Waals surface area contributed by atoms with E-state index in [0.29, 0.717) is 12.8 Å². The molecule has 0 aliphatic heterocycles. The van der Waals surface area contributed by atoms with Crippen LogP contribution in [0.5, 0.6) is 0 Å². The lowest BCUT2D eigenvalue weighted by atomic mass is 9.93. The Hall–Kier alpha value is -1.59. The minimum absolute atomic E-state index is 0.105. The van der Waals surface area contributed by atoms with Gasteiger partial charge in [-0.1, -0.05) is 43.2 Å². The molecule has 0 radical (unpaired) electrons. The van der Waals surface area contributed by atoms with E-state index in [9.17, 15) is 9.90 Å². The molecule has 0 saturated heterocycles. The number of nitrogens with one attached hydrogen (secondary N) is 2. The molecule has 0 bridgehead atoms. The minimum Gasteiger partial charge on any atom is -0.396 e. The van der Waals surface area contributed by atoms with Crippen LogP contribution in [0.4, 0.5) is 4.79 Å². The number of amides is 2. The van der Waals surface area contributed by atoms with E-state index in [2.05, 4.69) is 10.6 Å². The second kappa shape index (κ2) is 8.76. The zero-order chi connectivity index (χ0) is 15.8. The third-order valence-corrected chi connectivity index (χ3v) is 4.20. The van der Waals surface area contributed by atoms with E-state index in [1.165, 1.54) is 0 Å². The third kappa shape index (κ3) is 5.00. The predicted octanol–water partition coefficient (Wildman–Crippen LogP) is 2.10. The van der Waals surface area contributed by atoms with Crippen molar-refractivity contribution in [3.63, 3.8) is 0 Å². The van der Waals surface area contributed by atoms with E-state index in [0.717, 1.165) is 31.2 Å². The van der Waals surface area contributed by atoms with E-state index in [4.69, 9.17) is 5.11 Å². The number of carbonyl (C=O) groups is 1. The summed E-state index contributed by atoms with van der Waals surface area (Å²) in [6.07, 6.45) is 4.48. The summed E-state index contributed by atoms with van der Waals surface area (Å²) in [6, 6.07) is 9.20. The van der Waals surface area contributed by atoms with Gasteiger partial charge in [-0.05, 0) is 31.2 Å². The van der Waals surface area contributed by atoms with Gasteiger partial charge in [0, 0.05) is 6.61 Å². The lowest BCUT2D eigenvalue weighted by molar-refractivity contribution is 0.0939. The first-order valence-corrected chi connectivity index (χ1v) is 8.11. The van der Waals surface area contributed by atoms with Crippen molar-refractivity contribution in [1.82, 2.24) is 10.6 Å². The molecule has 1 fully saturated rings.